The summed E-state index contributed by atoms with van der Waals surface area (Å²) < 4.78 is 10.5. The Morgan fingerprint density at radius 1 is 1.30 bits per heavy atom. The van der Waals surface area contributed by atoms with Crippen LogP contribution in [0.4, 0.5) is 5.13 Å². The molecule has 1 heterocycles. The van der Waals surface area contributed by atoms with Gasteiger partial charge in [-0.15, -0.1) is 0 Å². The summed E-state index contributed by atoms with van der Waals surface area (Å²) in [6, 6.07) is 5.59. The van der Waals surface area contributed by atoms with Gasteiger partial charge in [-0.3, -0.25) is 0 Å². The summed E-state index contributed by atoms with van der Waals surface area (Å²) >= 11 is 1.29. The van der Waals surface area contributed by atoms with Crippen LogP contribution in [0.3, 0.4) is 0 Å². The number of aliphatic hydroxyl groups is 1. The lowest BCUT2D eigenvalue weighted by Gasteiger charge is -2.22. The van der Waals surface area contributed by atoms with Crippen LogP contribution in [0.5, 0.6) is 11.5 Å². The molecule has 0 radical (unpaired) electrons. The minimum absolute atomic E-state index is 0.439. The third-order valence-corrected chi connectivity index (χ3v) is 4.13. The van der Waals surface area contributed by atoms with Crippen molar-refractivity contribution in [3.63, 3.8) is 0 Å². The van der Waals surface area contributed by atoms with E-state index < -0.39 is 5.60 Å². The van der Waals surface area contributed by atoms with E-state index in [0.717, 1.165) is 10.4 Å². The molecule has 0 spiro atoms. The van der Waals surface area contributed by atoms with Crippen molar-refractivity contribution in [1.82, 2.24) is 4.98 Å². The van der Waals surface area contributed by atoms with E-state index in [0.29, 0.717) is 23.1 Å². The Morgan fingerprint density at radius 2 is 2.00 bits per heavy atom. The zero-order valence-corrected chi connectivity index (χ0v) is 12.5. The quantitative estimate of drug-likeness (QED) is 0.884. The highest BCUT2D eigenvalue weighted by Gasteiger charge is 2.26. The van der Waals surface area contributed by atoms with Gasteiger partial charge in [-0.05, 0) is 24.6 Å². The average Bonchev–Trinajstić information content (AvgIpc) is 2.85. The number of hydrogen-bond acceptors (Lipinski definition) is 6. The number of anilines is 1. The third-order valence-electron chi connectivity index (χ3n) is 3.05. The fraction of sp³-hybridized carbons (Fsp3) is 0.357. The van der Waals surface area contributed by atoms with E-state index in [1.807, 2.05) is 18.2 Å². The number of thiazole rings is 1. The van der Waals surface area contributed by atoms with Crippen LogP contribution < -0.4 is 15.2 Å². The molecule has 0 saturated carbocycles. The lowest BCUT2D eigenvalue weighted by molar-refractivity contribution is 0.0612. The molecule has 0 aliphatic carbocycles. The molecule has 5 nitrogen and oxygen atoms in total. The van der Waals surface area contributed by atoms with Gasteiger partial charge in [0.25, 0.3) is 0 Å². The molecule has 0 aliphatic heterocycles. The Hall–Kier alpha value is -1.79. The third kappa shape index (κ3) is 3.02. The highest BCUT2D eigenvalue weighted by atomic mass is 32.1. The van der Waals surface area contributed by atoms with E-state index in [9.17, 15) is 5.11 Å². The van der Waals surface area contributed by atoms with Crippen LogP contribution in [0.2, 0.25) is 0 Å². The number of benzene rings is 1. The number of nitrogens with two attached hydrogens (primary N) is 1. The largest absolute Gasteiger partial charge is 0.493 e. The molecule has 2 aromatic rings. The average molecular weight is 294 g/mol. The maximum Gasteiger partial charge on any atom is 0.180 e. The summed E-state index contributed by atoms with van der Waals surface area (Å²) in [6.45, 7) is 1.75. The van der Waals surface area contributed by atoms with Gasteiger partial charge in [0.2, 0.25) is 0 Å². The molecule has 6 heteroatoms. The number of ether oxygens (including phenoxy) is 2. The van der Waals surface area contributed by atoms with Gasteiger partial charge in [0.1, 0.15) is 5.60 Å². The molecule has 1 atom stereocenters. The highest BCUT2D eigenvalue weighted by molar-refractivity contribution is 7.15. The Labute approximate surface area is 122 Å². The first-order chi connectivity index (χ1) is 9.46. The fourth-order valence-corrected chi connectivity index (χ4v) is 2.74. The monoisotopic (exact) mass is 294 g/mol. The summed E-state index contributed by atoms with van der Waals surface area (Å²) in [5, 5.41) is 11.0. The van der Waals surface area contributed by atoms with E-state index in [1.54, 1.807) is 27.3 Å². The number of nitrogens with zero attached hydrogens (tertiary/aromatic N) is 1. The van der Waals surface area contributed by atoms with Crippen LogP contribution in [-0.4, -0.2) is 24.3 Å². The molecule has 0 aliphatic rings. The minimum atomic E-state index is -1.02. The normalized spacial score (nSPS) is 13.8. The molecule has 2 rings (SSSR count). The van der Waals surface area contributed by atoms with Gasteiger partial charge in [-0.1, -0.05) is 17.4 Å². The second kappa shape index (κ2) is 5.68. The van der Waals surface area contributed by atoms with Crippen LogP contribution in [-0.2, 0) is 12.0 Å². The molecule has 108 valence electrons. The Kier molecular flexibility index (Phi) is 4.15. The number of aromatic nitrogens is 1. The van der Waals surface area contributed by atoms with Gasteiger partial charge >= 0.3 is 0 Å². The summed E-state index contributed by atoms with van der Waals surface area (Å²) in [5.41, 5.74) is 5.54. The zero-order valence-electron chi connectivity index (χ0n) is 11.7. The van der Waals surface area contributed by atoms with Crippen LogP contribution in [0.1, 0.15) is 17.4 Å². The molecule has 1 unspecified atom stereocenters. The first kappa shape index (κ1) is 14.6. The summed E-state index contributed by atoms with van der Waals surface area (Å²) in [7, 11) is 3.18. The molecular formula is C14H18N2O3S. The second-order valence-electron chi connectivity index (χ2n) is 4.70. The van der Waals surface area contributed by atoms with E-state index >= 15 is 0 Å². The molecule has 20 heavy (non-hydrogen) atoms. The summed E-state index contributed by atoms with van der Waals surface area (Å²) in [6.07, 6.45) is 2.05. The van der Waals surface area contributed by atoms with Gasteiger partial charge in [-0.2, -0.15) is 0 Å². The lowest BCUT2D eigenvalue weighted by atomic mass is 9.95. The van der Waals surface area contributed by atoms with Crippen LogP contribution >= 0.6 is 11.3 Å². The Bertz CT molecular complexity index is 596. The van der Waals surface area contributed by atoms with Gasteiger partial charge in [0.15, 0.2) is 16.6 Å². The van der Waals surface area contributed by atoms with Crippen molar-refractivity contribution in [2.75, 3.05) is 20.0 Å². The van der Waals surface area contributed by atoms with Crippen molar-refractivity contribution in [2.45, 2.75) is 18.9 Å². The standard InChI is InChI=1S/C14H18N2O3S/c1-14(17,12-8-16-13(15)20-12)7-9-4-5-10(18-2)11(6-9)19-3/h4-6,8,17H,7H2,1-3H3,(H2,15,16). The molecular weight excluding hydrogens is 276 g/mol. The number of methoxy groups -OCH3 is 2. The zero-order chi connectivity index (χ0) is 14.8. The molecule has 3 N–H and O–H groups in total. The van der Waals surface area contributed by atoms with Gasteiger partial charge in [-0.25, -0.2) is 4.98 Å². The summed E-state index contributed by atoms with van der Waals surface area (Å²) in [4.78, 5) is 4.72. The smallest absolute Gasteiger partial charge is 0.180 e. The van der Waals surface area contributed by atoms with Crippen molar-refractivity contribution < 1.29 is 14.6 Å². The van der Waals surface area contributed by atoms with Crippen molar-refractivity contribution in [3.8, 4) is 11.5 Å². The topological polar surface area (TPSA) is 77.6 Å². The predicted molar refractivity (Wildman–Crippen MR) is 79.3 cm³/mol. The van der Waals surface area contributed by atoms with E-state index in [-0.39, 0.29) is 0 Å². The second-order valence-corrected chi connectivity index (χ2v) is 5.76. The molecule has 0 bridgehead atoms. The first-order valence-corrected chi connectivity index (χ1v) is 6.93. The predicted octanol–water partition coefficient (Wildman–Crippen LogP) is 2.19. The number of rotatable bonds is 5. The van der Waals surface area contributed by atoms with Gasteiger partial charge in [0, 0.05) is 12.6 Å². The van der Waals surface area contributed by atoms with E-state index in [2.05, 4.69) is 4.98 Å². The minimum Gasteiger partial charge on any atom is -0.493 e. The number of hydrogen-bond donors (Lipinski definition) is 2. The molecule has 0 amide bonds. The van der Waals surface area contributed by atoms with Gasteiger partial charge < -0.3 is 20.3 Å². The number of nitrogen functional groups attached to an aromatic ring is 1. The molecule has 1 aromatic heterocycles. The molecule has 0 saturated heterocycles. The van der Waals surface area contributed by atoms with Crippen LogP contribution in [0, 0.1) is 0 Å². The van der Waals surface area contributed by atoms with Crippen molar-refractivity contribution in [1.29, 1.82) is 0 Å². The lowest BCUT2D eigenvalue weighted by Crippen LogP contribution is -2.22. The Morgan fingerprint density at radius 3 is 2.55 bits per heavy atom. The SMILES string of the molecule is COc1ccc(CC(C)(O)c2cnc(N)s2)cc1OC. The van der Waals surface area contributed by atoms with Crippen molar-refractivity contribution in [2.24, 2.45) is 0 Å². The van der Waals surface area contributed by atoms with Crippen molar-refractivity contribution >= 4 is 16.5 Å². The Balaban J connectivity index is 2.25. The highest BCUT2D eigenvalue weighted by Crippen LogP contribution is 2.33. The summed E-state index contributed by atoms with van der Waals surface area (Å²) in [5.74, 6) is 1.31. The van der Waals surface area contributed by atoms with E-state index in [1.165, 1.54) is 11.3 Å². The maximum atomic E-state index is 10.6. The van der Waals surface area contributed by atoms with E-state index in [4.69, 9.17) is 15.2 Å². The van der Waals surface area contributed by atoms with Crippen LogP contribution in [0.15, 0.2) is 24.4 Å². The van der Waals surface area contributed by atoms with Gasteiger partial charge in [0.05, 0.1) is 19.1 Å². The molecule has 0 fully saturated rings. The first-order valence-electron chi connectivity index (χ1n) is 6.11. The maximum absolute atomic E-state index is 10.6. The van der Waals surface area contributed by atoms with Crippen molar-refractivity contribution in [3.05, 3.63) is 34.8 Å². The van der Waals surface area contributed by atoms with Crippen LogP contribution in [0.25, 0.3) is 0 Å². The molecule has 1 aromatic carbocycles. The fourth-order valence-electron chi connectivity index (χ4n) is 2.01.